The third-order valence-electron chi connectivity index (χ3n) is 4.79. The Morgan fingerprint density at radius 3 is 2.29 bits per heavy atom. The molecule has 0 saturated carbocycles. The number of nitrogens with zero attached hydrogens (tertiary/aromatic N) is 3. The van der Waals surface area contributed by atoms with Gasteiger partial charge in [0.05, 0.1) is 32.4 Å². The summed E-state index contributed by atoms with van der Waals surface area (Å²) in [5, 5.41) is 21.3. The van der Waals surface area contributed by atoms with Gasteiger partial charge in [0.2, 0.25) is 5.75 Å². The number of nitro benzene ring substituents is 1. The van der Waals surface area contributed by atoms with Crippen molar-refractivity contribution in [2.24, 2.45) is 4.99 Å². The number of hydrogen-bond acceptors (Lipinski definition) is 6. The molecule has 0 aliphatic carbocycles. The van der Waals surface area contributed by atoms with Gasteiger partial charge >= 0.3 is 5.69 Å². The molecule has 3 aromatic carbocycles. The lowest BCUT2D eigenvalue weighted by Crippen LogP contribution is -2.29. The highest BCUT2D eigenvalue weighted by molar-refractivity contribution is 6.36. The van der Waals surface area contributed by atoms with E-state index < -0.39 is 28.2 Å². The minimum atomic E-state index is -0.677. The Labute approximate surface area is 181 Å². The van der Waals surface area contributed by atoms with E-state index >= 15 is 0 Å². The summed E-state index contributed by atoms with van der Waals surface area (Å²) < 4.78 is 0. The van der Waals surface area contributed by atoms with Gasteiger partial charge in [-0.1, -0.05) is 23.7 Å². The number of anilines is 1. The minimum Gasteiger partial charge on any atom is -0.502 e. The first-order valence-corrected chi connectivity index (χ1v) is 9.45. The van der Waals surface area contributed by atoms with Crippen LogP contribution in [0, 0.1) is 17.0 Å². The summed E-state index contributed by atoms with van der Waals surface area (Å²) >= 11 is 6.30. The van der Waals surface area contributed by atoms with E-state index in [-0.39, 0.29) is 10.6 Å². The topological polar surface area (TPSA) is 113 Å². The van der Waals surface area contributed by atoms with Crippen molar-refractivity contribution >= 4 is 46.7 Å². The molecule has 0 unspecified atom stereocenters. The predicted molar refractivity (Wildman–Crippen MR) is 116 cm³/mol. The molecule has 31 heavy (non-hydrogen) atoms. The number of imide groups is 1. The molecule has 9 heteroatoms. The van der Waals surface area contributed by atoms with Gasteiger partial charge in [-0.25, -0.2) is 4.90 Å². The zero-order valence-corrected chi connectivity index (χ0v) is 16.8. The number of rotatable bonds is 4. The first-order chi connectivity index (χ1) is 14.8. The highest BCUT2D eigenvalue weighted by atomic mass is 35.5. The van der Waals surface area contributed by atoms with Crippen LogP contribution in [-0.4, -0.2) is 28.1 Å². The van der Waals surface area contributed by atoms with Gasteiger partial charge in [0.1, 0.15) is 0 Å². The van der Waals surface area contributed by atoms with E-state index in [2.05, 4.69) is 4.99 Å². The molecule has 0 spiro atoms. The average Bonchev–Trinajstić information content (AvgIpc) is 2.99. The van der Waals surface area contributed by atoms with Crippen molar-refractivity contribution < 1.29 is 19.6 Å². The lowest BCUT2D eigenvalue weighted by atomic mass is 10.1. The molecule has 3 aromatic rings. The summed E-state index contributed by atoms with van der Waals surface area (Å²) in [5.41, 5.74) is 1.55. The maximum absolute atomic E-state index is 12.6. The van der Waals surface area contributed by atoms with Crippen LogP contribution in [0.5, 0.6) is 5.75 Å². The van der Waals surface area contributed by atoms with Gasteiger partial charge in [0.15, 0.2) is 0 Å². The van der Waals surface area contributed by atoms with Crippen LogP contribution >= 0.6 is 11.6 Å². The first kappa shape index (κ1) is 20.2. The molecule has 0 atom stereocenters. The molecule has 2 amide bonds. The number of nitro groups is 1. The van der Waals surface area contributed by atoms with Gasteiger partial charge < -0.3 is 5.11 Å². The van der Waals surface area contributed by atoms with Gasteiger partial charge in [-0.3, -0.25) is 24.7 Å². The Morgan fingerprint density at radius 1 is 1.06 bits per heavy atom. The number of carbonyl (C=O) groups is 2. The van der Waals surface area contributed by atoms with Gasteiger partial charge in [-0.05, 0) is 48.9 Å². The molecule has 4 rings (SSSR count). The molecule has 1 aliphatic heterocycles. The molecule has 0 fully saturated rings. The fourth-order valence-electron chi connectivity index (χ4n) is 3.33. The Hall–Kier alpha value is -4.04. The van der Waals surface area contributed by atoms with Crippen molar-refractivity contribution in [3.63, 3.8) is 0 Å². The Kier molecular flexibility index (Phi) is 5.00. The summed E-state index contributed by atoms with van der Waals surface area (Å²) in [6.07, 6.45) is 1.26. The van der Waals surface area contributed by atoms with Crippen LogP contribution in [0.15, 0.2) is 59.6 Å². The van der Waals surface area contributed by atoms with E-state index in [9.17, 15) is 24.8 Å². The molecule has 0 bridgehead atoms. The Balaban J connectivity index is 1.65. The number of aromatic hydroxyl groups is 1. The average molecular weight is 436 g/mol. The maximum atomic E-state index is 12.6. The van der Waals surface area contributed by atoms with Crippen LogP contribution in [0.4, 0.5) is 17.1 Å². The third kappa shape index (κ3) is 3.53. The Bertz CT molecular complexity index is 1270. The number of phenolic OH excluding ortho intramolecular Hbond substituents is 1. The molecule has 1 N–H and O–H groups in total. The molecular weight excluding hydrogens is 422 g/mol. The standard InChI is InChI=1S/C22H14ClN3O5/c1-12-8-13(20(27)19(9-12)26(30)31)11-24-18-7-6-14(10-17(18)23)25-21(28)15-4-2-3-5-16(15)22(25)29/h2-11,27H,1H3. The summed E-state index contributed by atoms with van der Waals surface area (Å²) in [7, 11) is 0. The molecule has 154 valence electrons. The SMILES string of the molecule is Cc1cc(C=Nc2ccc(N3C(=O)c4ccccc4C3=O)cc2Cl)c(O)c([N+](=O)[O-])c1. The fourth-order valence-corrected chi connectivity index (χ4v) is 3.55. The van der Waals surface area contributed by atoms with E-state index in [1.165, 1.54) is 30.5 Å². The molecule has 0 radical (unpaired) electrons. The number of aliphatic imine (C=N–C) groups is 1. The largest absolute Gasteiger partial charge is 0.502 e. The smallest absolute Gasteiger partial charge is 0.311 e. The molecule has 0 saturated heterocycles. The highest BCUT2D eigenvalue weighted by Crippen LogP contribution is 2.35. The van der Waals surface area contributed by atoms with Crippen molar-refractivity contribution in [2.45, 2.75) is 6.92 Å². The van der Waals surface area contributed by atoms with Crippen molar-refractivity contribution in [3.8, 4) is 5.75 Å². The molecule has 1 heterocycles. The van der Waals surface area contributed by atoms with Crippen LogP contribution in [0.25, 0.3) is 0 Å². The van der Waals surface area contributed by atoms with Crippen molar-refractivity contribution in [3.05, 3.63) is 92.0 Å². The van der Waals surface area contributed by atoms with E-state index in [4.69, 9.17) is 11.6 Å². The van der Waals surface area contributed by atoms with Crippen molar-refractivity contribution in [1.82, 2.24) is 0 Å². The monoisotopic (exact) mass is 435 g/mol. The van der Waals surface area contributed by atoms with Crippen molar-refractivity contribution in [2.75, 3.05) is 4.90 Å². The van der Waals surface area contributed by atoms with E-state index in [0.717, 1.165) is 4.90 Å². The van der Waals surface area contributed by atoms with Crippen LogP contribution in [0.2, 0.25) is 5.02 Å². The summed E-state index contributed by atoms with van der Waals surface area (Å²) in [6, 6.07) is 13.8. The molecule has 0 aromatic heterocycles. The van der Waals surface area contributed by atoms with E-state index in [0.29, 0.717) is 28.1 Å². The number of fused-ring (bicyclic) bond motifs is 1. The summed E-state index contributed by atoms with van der Waals surface area (Å²) in [4.78, 5) is 40.9. The van der Waals surface area contributed by atoms with Crippen molar-refractivity contribution in [1.29, 1.82) is 0 Å². The zero-order valence-electron chi connectivity index (χ0n) is 16.1. The van der Waals surface area contributed by atoms with Crippen LogP contribution < -0.4 is 4.90 Å². The van der Waals surface area contributed by atoms with Crippen LogP contribution in [-0.2, 0) is 0 Å². The quantitative estimate of drug-likeness (QED) is 0.273. The van der Waals surface area contributed by atoms with Crippen LogP contribution in [0.3, 0.4) is 0 Å². The van der Waals surface area contributed by atoms with Crippen LogP contribution in [0.1, 0.15) is 31.8 Å². The number of phenols is 1. The number of hydrogen-bond donors (Lipinski definition) is 1. The zero-order chi connectivity index (χ0) is 22.3. The van der Waals surface area contributed by atoms with Gasteiger partial charge in [0.25, 0.3) is 11.8 Å². The van der Waals surface area contributed by atoms with Gasteiger partial charge in [-0.2, -0.15) is 0 Å². The Morgan fingerprint density at radius 2 is 1.71 bits per heavy atom. The first-order valence-electron chi connectivity index (χ1n) is 9.07. The second kappa shape index (κ2) is 7.66. The normalized spacial score (nSPS) is 13.2. The van der Waals surface area contributed by atoms with Gasteiger partial charge in [0, 0.05) is 17.8 Å². The molecule has 1 aliphatic rings. The predicted octanol–water partition coefficient (Wildman–Crippen LogP) is 4.81. The number of aryl methyl sites for hydroxylation is 1. The second-order valence-electron chi connectivity index (χ2n) is 6.86. The lowest BCUT2D eigenvalue weighted by molar-refractivity contribution is -0.385. The van der Waals surface area contributed by atoms with E-state index in [1.807, 2.05) is 0 Å². The summed E-state index contributed by atoms with van der Waals surface area (Å²) in [6.45, 7) is 1.66. The minimum absolute atomic E-state index is 0.159. The maximum Gasteiger partial charge on any atom is 0.311 e. The van der Waals surface area contributed by atoms with Gasteiger partial charge in [-0.15, -0.1) is 0 Å². The molecule has 8 nitrogen and oxygen atoms in total. The highest BCUT2D eigenvalue weighted by Gasteiger charge is 2.36. The lowest BCUT2D eigenvalue weighted by Gasteiger charge is -2.14. The number of halogens is 1. The number of amides is 2. The molecular formula is C22H14ClN3O5. The van der Waals surface area contributed by atoms with E-state index in [1.54, 1.807) is 37.3 Å². The number of carbonyl (C=O) groups excluding carboxylic acids is 2. The number of benzene rings is 3. The third-order valence-corrected chi connectivity index (χ3v) is 5.09. The summed E-state index contributed by atoms with van der Waals surface area (Å²) in [5.74, 6) is -1.38. The fraction of sp³-hybridized carbons (Fsp3) is 0.0455. The second-order valence-corrected chi connectivity index (χ2v) is 7.27.